The summed E-state index contributed by atoms with van der Waals surface area (Å²) in [5, 5.41) is 21.3. The molecule has 4 aromatic rings. The molecule has 0 spiro atoms. The van der Waals surface area contributed by atoms with Gasteiger partial charge >= 0.3 is 0 Å². The van der Waals surface area contributed by atoms with E-state index in [2.05, 4.69) is 15.9 Å². The van der Waals surface area contributed by atoms with E-state index in [-0.39, 0.29) is 17.3 Å². The van der Waals surface area contributed by atoms with E-state index in [9.17, 15) is 24.3 Å². The van der Waals surface area contributed by atoms with Gasteiger partial charge in [0.2, 0.25) is 5.91 Å². The zero-order chi connectivity index (χ0) is 30.2. The number of hydrogen-bond donors (Lipinski definition) is 1. The van der Waals surface area contributed by atoms with Gasteiger partial charge in [-0.3, -0.25) is 14.5 Å². The van der Waals surface area contributed by atoms with Gasteiger partial charge in [-0.15, -0.1) is 0 Å². The van der Waals surface area contributed by atoms with Crippen molar-refractivity contribution in [1.82, 2.24) is 19.4 Å². The Balaban J connectivity index is 1.29. The van der Waals surface area contributed by atoms with Gasteiger partial charge in [-0.25, -0.2) is 9.37 Å². The van der Waals surface area contributed by atoms with E-state index in [1.54, 1.807) is 21.6 Å². The number of fused-ring (bicyclic) bond motifs is 1. The second-order valence-electron chi connectivity index (χ2n) is 10.9. The minimum Gasteiger partial charge on any atom is -0.389 e. The van der Waals surface area contributed by atoms with Crippen molar-refractivity contribution >= 4 is 44.5 Å². The maximum atomic E-state index is 13.5. The van der Waals surface area contributed by atoms with E-state index in [0.29, 0.717) is 52.8 Å². The lowest BCUT2D eigenvalue weighted by molar-refractivity contribution is -0.142. The molecule has 12 heteroatoms. The van der Waals surface area contributed by atoms with Gasteiger partial charge < -0.3 is 24.4 Å². The number of nitriles is 1. The highest BCUT2D eigenvalue weighted by molar-refractivity contribution is 7.16. The number of benzene rings is 2. The summed E-state index contributed by atoms with van der Waals surface area (Å²) in [6, 6.07) is 14.0. The van der Waals surface area contributed by atoms with Crippen LogP contribution in [0, 0.1) is 17.1 Å². The summed E-state index contributed by atoms with van der Waals surface area (Å²) in [5.41, 5.74) is 2.83. The Morgan fingerprint density at radius 1 is 1.14 bits per heavy atom. The van der Waals surface area contributed by atoms with Crippen LogP contribution in [0.3, 0.4) is 0 Å². The lowest BCUT2D eigenvalue weighted by Gasteiger charge is -2.39. The van der Waals surface area contributed by atoms with Crippen molar-refractivity contribution < 1.29 is 14.3 Å². The molecule has 1 amide bonds. The summed E-state index contributed by atoms with van der Waals surface area (Å²) in [5.74, 6) is -0.310. The van der Waals surface area contributed by atoms with Crippen molar-refractivity contribution in [2.75, 3.05) is 62.7 Å². The summed E-state index contributed by atoms with van der Waals surface area (Å²) < 4.78 is 15.2. The molecule has 0 bridgehead atoms. The fraction of sp³-hybridized carbons (Fsp3) is 0.355. The number of nitrogens with zero attached hydrogens (tertiary/aromatic N) is 7. The molecule has 6 rings (SSSR count). The Bertz CT molecular complexity index is 1770. The molecular weight excluding hydrogens is 569 g/mol. The molecule has 0 unspecified atom stereocenters. The van der Waals surface area contributed by atoms with Crippen LogP contribution in [0.15, 0.2) is 53.5 Å². The van der Waals surface area contributed by atoms with Gasteiger partial charge in [0.1, 0.15) is 22.5 Å². The van der Waals surface area contributed by atoms with E-state index in [1.807, 2.05) is 43.3 Å². The molecule has 2 aliphatic rings. The minimum atomic E-state index is -0.403. The third-order valence-corrected chi connectivity index (χ3v) is 9.22. The SMILES string of the molecule is CCn1cc(N(C)c2nc(-c3ccc(F)cc3)c(C#N)s2)c2cc(N3CCN(CC(=O)N4CC(O)C4)CC3)ccc2c1=O. The number of halogens is 1. The van der Waals surface area contributed by atoms with E-state index in [0.717, 1.165) is 42.9 Å². The van der Waals surface area contributed by atoms with Gasteiger partial charge in [0.05, 0.1) is 18.3 Å². The Labute approximate surface area is 252 Å². The highest BCUT2D eigenvalue weighted by Crippen LogP contribution is 2.38. The fourth-order valence-corrected chi connectivity index (χ4v) is 6.47. The number of aryl methyl sites for hydroxylation is 1. The minimum absolute atomic E-state index is 0.0497. The first-order chi connectivity index (χ1) is 20.7. The lowest BCUT2D eigenvalue weighted by Crippen LogP contribution is -2.57. The van der Waals surface area contributed by atoms with Gasteiger partial charge in [0.15, 0.2) is 5.13 Å². The number of anilines is 3. The number of piperazine rings is 1. The molecule has 0 atom stereocenters. The zero-order valence-electron chi connectivity index (χ0n) is 24.0. The number of likely N-dealkylation sites (tertiary alicyclic amines) is 1. The molecule has 2 saturated heterocycles. The van der Waals surface area contributed by atoms with E-state index in [1.165, 1.54) is 23.5 Å². The van der Waals surface area contributed by atoms with Gasteiger partial charge in [0.25, 0.3) is 5.56 Å². The van der Waals surface area contributed by atoms with Crippen LogP contribution in [0.25, 0.3) is 22.0 Å². The van der Waals surface area contributed by atoms with Crippen LogP contribution >= 0.6 is 11.3 Å². The predicted octanol–water partition coefficient (Wildman–Crippen LogP) is 3.25. The quantitative estimate of drug-likeness (QED) is 0.344. The number of aliphatic hydroxyl groups excluding tert-OH is 1. The Morgan fingerprint density at radius 2 is 1.86 bits per heavy atom. The average Bonchev–Trinajstić information content (AvgIpc) is 3.44. The first-order valence-electron chi connectivity index (χ1n) is 14.3. The highest BCUT2D eigenvalue weighted by Gasteiger charge is 2.30. The van der Waals surface area contributed by atoms with Gasteiger partial charge in [0, 0.05) is 81.1 Å². The van der Waals surface area contributed by atoms with E-state index >= 15 is 0 Å². The molecule has 2 aliphatic heterocycles. The molecular formula is C31H32FN7O3S. The molecule has 2 aromatic carbocycles. The number of aliphatic hydroxyl groups is 1. The number of β-amino-alcohol motifs (C(OH)–C–C–N with tert-alkyl or cyclic N) is 1. The molecule has 1 N–H and O–H groups in total. The molecule has 0 radical (unpaired) electrons. The number of carbonyl (C=O) groups excluding carboxylic acids is 1. The van der Waals surface area contributed by atoms with Crippen molar-refractivity contribution in [3.05, 3.63) is 69.7 Å². The van der Waals surface area contributed by atoms with Crippen LogP contribution in [0.5, 0.6) is 0 Å². The van der Waals surface area contributed by atoms with Gasteiger partial charge in [-0.1, -0.05) is 11.3 Å². The molecule has 2 aromatic heterocycles. The number of hydrogen-bond acceptors (Lipinski definition) is 9. The largest absolute Gasteiger partial charge is 0.389 e. The van der Waals surface area contributed by atoms with Gasteiger partial charge in [-0.05, 0) is 49.4 Å². The van der Waals surface area contributed by atoms with Crippen LogP contribution in [0.2, 0.25) is 0 Å². The van der Waals surface area contributed by atoms with Crippen LogP contribution in [-0.4, -0.2) is 89.3 Å². The molecule has 222 valence electrons. The van der Waals surface area contributed by atoms with Gasteiger partial charge in [-0.2, -0.15) is 5.26 Å². The van der Waals surface area contributed by atoms with Crippen molar-refractivity contribution in [2.24, 2.45) is 0 Å². The molecule has 2 fully saturated rings. The standard InChI is InChI=1S/C31H32FN7O3S/c1-3-37-18-26(35(2)31-34-29(27(15-33)43-31)20-4-6-21(32)7-5-20)25-14-22(8-9-24(25)30(37)42)38-12-10-36(11-13-38)19-28(41)39-16-23(40)17-39/h4-9,14,18,23,40H,3,10-13,16-17,19H2,1-2H3. The third kappa shape index (κ3) is 5.59. The van der Waals surface area contributed by atoms with E-state index < -0.39 is 6.10 Å². The Hall–Kier alpha value is -4.31. The summed E-state index contributed by atoms with van der Waals surface area (Å²) in [4.78, 5) is 38.9. The Kier molecular flexibility index (Phi) is 7.87. The first kappa shape index (κ1) is 28.8. The fourth-order valence-electron chi connectivity index (χ4n) is 5.61. The molecule has 0 aliphatic carbocycles. The zero-order valence-corrected chi connectivity index (χ0v) is 24.8. The number of carbonyl (C=O) groups is 1. The summed E-state index contributed by atoms with van der Waals surface area (Å²) >= 11 is 1.24. The van der Waals surface area contributed by atoms with Crippen LogP contribution in [0.4, 0.5) is 20.9 Å². The number of thiazole rings is 1. The third-order valence-electron chi connectivity index (χ3n) is 8.18. The maximum Gasteiger partial charge on any atom is 0.258 e. The van der Waals surface area contributed by atoms with Crippen LogP contribution < -0.4 is 15.4 Å². The smallest absolute Gasteiger partial charge is 0.258 e. The van der Waals surface area contributed by atoms with Crippen molar-refractivity contribution in [2.45, 2.75) is 19.6 Å². The van der Waals surface area contributed by atoms with Crippen LogP contribution in [0.1, 0.15) is 11.8 Å². The number of aromatic nitrogens is 2. The van der Waals surface area contributed by atoms with E-state index in [4.69, 9.17) is 4.98 Å². The molecule has 10 nitrogen and oxygen atoms in total. The monoisotopic (exact) mass is 601 g/mol. The van der Waals surface area contributed by atoms with Crippen molar-refractivity contribution in [3.63, 3.8) is 0 Å². The average molecular weight is 602 g/mol. The first-order valence-corrected chi connectivity index (χ1v) is 15.1. The lowest BCUT2D eigenvalue weighted by atomic mass is 10.1. The van der Waals surface area contributed by atoms with Crippen molar-refractivity contribution in [3.8, 4) is 17.3 Å². The second kappa shape index (κ2) is 11.8. The second-order valence-corrected chi connectivity index (χ2v) is 11.9. The summed E-state index contributed by atoms with van der Waals surface area (Å²) in [6.07, 6.45) is 1.43. The summed E-state index contributed by atoms with van der Waals surface area (Å²) in [7, 11) is 1.87. The molecule has 43 heavy (non-hydrogen) atoms. The normalized spacial score (nSPS) is 15.9. The number of amides is 1. The summed E-state index contributed by atoms with van der Waals surface area (Å²) in [6.45, 7) is 6.52. The molecule has 4 heterocycles. The maximum absolute atomic E-state index is 13.5. The number of rotatable bonds is 7. The number of pyridine rings is 1. The topological polar surface area (TPSA) is 109 Å². The predicted molar refractivity (Wildman–Crippen MR) is 165 cm³/mol. The highest BCUT2D eigenvalue weighted by atomic mass is 32.1. The Morgan fingerprint density at radius 3 is 2.51 bits per heavy atom. The van der Waals surface area contributed by atoms with Crippen LogP contribution in [-0.2, 0) is 11.3 Å². The molecule has 0 saturated carbocycles. The van der Waals surface area contributed by atoms with Crippen molar-refractivity contribution in [1.29, 1.82) is 5.26 Å².